The highest BCUT2D eigenvalue weighted by molar-refractivity contribution is 5.93. The lowest BCUT2D eigenvalue weighted by Crippen LogP contribution is -2.38. The lowest BCUT2D eigenvalue weighted by molar-refractivity contribution is 0.0712. The summed E-state index contributed by atoms with van der Waals surface area (Å²) in [6, 6.07) is 6.17. The van der Waals surface area contributed by atoms with Crippen molar-refractivity contribution in [3.63, 3.8) is 0 Å². The zero-order valence-corrected chi connectivity index (χ0v) is 13.9. The largest absolute Gasteiger partial charge is 0.363 e. The number of nitrogens with zero attached hydrogens (tertiary/aromatic N) is 5. The molecule has 0 N–H and O–H groups in total. The van der Waals surface area contributed by atoms with Gasteiger partial charge in [0, 0.05) is 52.0 Å². The normalized spacial score (nSPS) is 15.7. The summed E-state index contributed by atoms with van der Waals surface area (Å²) < 4.78 is 1.66. The fourth-order valence-corrected chi connectivity index (χ4v) is 3.01. The number of rotatable bonds is 3. The van der Waals surface area contributed by atoms with Crippen molar-refractivity contribution in [2.75, 3.05) is 32.1 Å². The molecule has 1 fully saturated rings. The van der Waals surface area contributed by atoms with E-state index in [1.807, 2.05) is 37.0 Å². The maximum atomic E-state index is 12.4. The van der Waals surface area contributed by atoms with Crippen LogP contribution < -0.4 is 4.90 Å². The number of carbonyl (C=O) groups is 1. The second kappa shape index (κ2) is 6.40. The molecule has 3 heterocycles. The Morgan fingerprint density at radius 1 is 1.26 bits per heavy atom. The molecule has 1 aliphatic rings. The van der Waals surface area contributed by atoms with Crippen LogP contribution in [-0.2, 0) is 7.05 Å². The lowest BCUT2D eigenvalue weighted by Gasteiger charge is -2.31. The first kappa shape index (κ1) is 15.5. The van der Waals surface area contributed by atoms with Gasteiger partial charge in [0.2, 0.25) is 0 Å². The molecule has 6 heteroatoms. The summed E-state index contributed by atoms with van der Waals surface area (Å²) in [6.07, 6.45) is 5.32. The van der Waals surface area contributed by atoms with Crippen molar-refractivity contribution in [1.29, 1.82) is 0 Å². The molecule has 2 aromatic rings. The molecule has 1 saturated heterocycles. The number of hydrogen-bond acceptors (Lipinski definition) is 4. The van der Waals surface area contributed by atoms with E-state index in [1.54, 1.807) is 17.1 Å². The van der Waals surface area contributed by atoms with Gasteiger partial charge in [-0.25, -0.2) is 4.98 Å². The summed E-state index contributed by atoms with van der Waals surface area (Å²) in [4.78, 5) is 21.1. The molecule has 0 aliphatic carbocycles. The van der Waals surface area contributed by atoms with Crippen molar-refractivity contribution in [2.45, 2.75) is 18.8 Å². The molecule has 1 amide bonds. The van der Waals surface area contributed by atoms with Crippen molar-refractivity contribution in [3.05, 3.63) is 41.9 Å². The van der Waals surface area contributed by atoms with E-state index in [0.29, 0.717) is 11.5 Å². The van der Waals surface area contributed by atoms with Gasteiger partial charge in [0.15, 0.2) is 0 Å². The monoisotopic (exact) mass is 313 g/mol. The number of carbonyl (C=O) groups excluding carboxylic acids is 1. The Bertz CT molecular complexity index is 686. The number of hydrogen-bond donors (Lipinski definition) is 0. The van der Waals surface area contributed by atoms with E-state index >= 15 is 0 Å². The van der Waals surface area contributed by atoms with Gasteiger partial charge in [0.05, 0.1) is 11.8 Å². The van der Waals surface area contributed by atoms with Gasteiger partial charge >= 0.3 is 0 Å². The minimum absolute atomic E-state index is 0.0755. The van der Waals surface area contributed by atoms with Crippen LogP contribution in [0, 0.1) is 0 Å². The Balaban J connectivity index is 1.64. The number of likely N-dealkylation sites (tertiary alicyclic amines) is 1. The number of aryl methyl sites for hydroxylation is 1. The zero-order valence-electron chi connectivity index (χ0n) is 13.9. The van der Waals surface area contributed by atoms with Gasteiger partial charge in [0.25, 0.3) is 5.91 Å². The molecule has 0 bridgehead atoms. The third kappa shape index (κ3) is 3.36. The van der Waals surface area contributed by atoms with Crippen molar-refractivity contribution in [3.8, 4) is 0 Å². The first-order valence-electron chi connectivity index (χ1n) is 7.97. The highest BCUT2D eigenvalue weighted by Gasteiger charge is 2.26. The molecular weight excluding hydrogens is 290 g/mol. The van der Waals surface area contributed by atoms with E-state index in [1.165, 1.54) is 0 Å². The molecule has 0 radical (unpaired) electrons. The average Bonchev–Trinajstić information content (AvgIpc) is 3.01. The predicted molar refractivity (Wildman–Crippen MR) is 89.7 cm³/mol. The Morgan fingerprint density at radius 3 is 2.61 bits per heavy atom. The van der Waals surface area contributed by atoms with Crippen molar-refractivity contribution in [1.82, 2.24) is 19.7 Å². The quantitative estimate of drug-likeness (QED) is 0.868. The van der Waals surface area contributed by atoms with Crippen LogP contribution >= 0.6 is 0 Å². The highest BCUT2D eigenvalue weighted by Crippen LogP contribution is 2.28. The van der Waals surface area contributed by atoms with Crippen LogP contribution in [0.2, 0.25) is 0 Å². The van der Waals surface area contributed by atoms with Crippen LogP contribution in [0.15, 0.2) is 30.6 Å². The minimum atomic E-state index is 0.0755. The third-order valence-electron chi connectivity index (χ3n) is 4.37. The van der Waals surface area contributed by atoms with Crippen LogP contribution in [0.1, 0.15) is 34.8 Å². The van der Waals surface area contributed by atoms with E-state index in [-0.39, 0.29) is 5.91 Å². The van der Waals surface area contributed by atoms with Crippen LogP contribution in [0.3, 0.4) is 0 Å². The molecular formula is C17H23N5O. The van der Waals surface area contributed by atoms with Crippen LogP contribution in [0.25, 0.3) is 0 Å². The zero-order chi connectivity index (χ0) is 16.4. The molecule has 0 saturated carbocycles. The average molecular weight is 313 g/mol. The Hall–Kier alpha value is -2.37. The summed E-state index contributed by atoms with van der Waals surface area (Å²) in [5, 5.41) is 4.08. The first-order valence-corrected chi connectivity index (χ1v) is 7.97. The second-order valence-electron chi connectivity index (χ2n) is 6.28. The van der Waals surface area contributed by atoms with Gasteiger partial charge in [0.1, 0.15) is 5.82 Å². The Morgan fingerprint density at radius 2 is 2.00 bits per heavy atom. The molecule has 6 nitrogen and oxygen atoms in total. The molecule has 3 rings (SSSR count). The Kier molecular flexibility index (Phi) is 4.32. The number of anilines is 1. The minimum Gasteiger partial charge on any atom is -0.363 e. The Labute approximate surface area is 136 Å². The van der Waals surface area contributed by atoms with Crippen molar-refractivity contribution >= 4 is 11.7 Å². The van der Waals surface area contributed by atoms with E-state index in [9.17, 15) is 4.79 Å². The highest BCUT2D eigenvalue weighted by atomic mass is 16.2. The van der Waals surface area contributed by atoms with Gasteiger partial charge in [-0.15, -0.1) is 0 Å². The maximum absolute atomic E-state index is 12.4. The first-order chi connectivity index (χ1) is 11.0. The second-order valence-corrected chi connectivity index (χ2v) is 6.28. The van der Waals surface area contributed by atoms with Crippen molar-refractivity contribution < 1.29 is 4.79 Å². The van der Waals surface area contributed by atoms with Crippen LogP contribution in [0.5, 0.6) is 0 Å². The molecule has 0 aromatic carbocycles. The summed E-state index contributed by atoms with van der Waals surface area (Å²) in [6.45, 7) is 1.54. The summed E-state index contributed by atoms with van der Waals surface area (Å²) in [5.41, 5.74) is 1.79. The molecule has 0 spiro atoms. The van der Waals surface area contributed by atoms with Crippen LogP contribution in [-0.4, -0.2) is 52.8 Å². The molecule has 23 heavy (non-hydrogen) atoms. The van der Waals surface area contributed by atoms with E-state index in [4.69, 9.17) is 4.98 Å². The molecule has 0 atom stereocenters. The van der Waals surface area contributed by atoms with Gasteiger partial charge in [-0.05, 0) is 25.0 Å². The topological polar surface area (TPSA) is 54.3 Å². The predicted octanol–water partition coefficient (Wildman–Crippen LogP) is 1.90. The summed E-state index contributed by atoms with van der Waals surface area (Å²) >= 11 is 0. The third-order valence-corrected chi connectivity index (χ3v) is 4.37. The maximum Gasteiger partial charge on any atom is 0.257 e. The fraction of sp³-hybridized carbons (Fsp3) is 0.471. The van der Waals surface area contributed by atoms with Crippen LogP contribution in [0.4, 0.5) is 5.82 Å². The van der Waals surface area contributed by atoms with Gasteiger partial charge in [-0.2, -0.15) is 5.10 Å². The SMILES string of the molecule is CN(C)c1cccc(C2CCN(C(=O)c3cnn(C)c3)CC2)n1. The number of amides is 1. The number of pyridine rings is 1. The summed E-state index contributed by atoms with van der Waals surface area (Å²) in [5.74, 6) is 1.48. The smallest absolute Gasteiger partial charge is 0.257 e. The molecule has 1 aliphatic heterocycles. The van der Waals surface area contributed by atoms with Gasteiger partial charge in [-0.1, -0.05) is 6.07 Å². The summed E-state index contributed by atoms with van der Waals surface area (Å²) in [7, 11) is 5.83. The number of piperidine rings is 1. The molecule has 0 unspecified atom stereocenters. The van der Waals surface area contributed by atoms with Gasteiger partial charge in [-0.3, -0.25) is 9.48 Å². The van der Waals surface area contributed by atoms with Crippen molar-refractivity contribution in [2.24, 2.45) is 7.05 Å². The molecule has 2 aromatic heterocycles. The van der Waals surface area contributed by atoms with Gasteiger partial charge < -0.3 is 9.80 Å². The van der Waals surface area contributed by atoms with E-state index in [2.05, 4.69) is 17.2 Å². The number of aromatic nitrogens is 3. The molecule has 122 valence electrons. The van der Waals surface area contributed by atoms with E-state index < -0.39 is 0 Å². The fourth-order valence-electron chi connectivity index (χ4n) is 3.01. The van der Waals surface area contributed by atoms with E-state index in [0.717, 1.165) is 37.4 Å². The standard InChI is InChI=1S/C17H23N5O/c1-20(2)16-6-4-5-15(19-16)13-7-9-22(10-8-13)17(23)14-11-18-21(3)12-14/h4-6,11-13H,7-10H2,1-3H3. The lowest BCUT2D eigenvalue weighted by atomic mass is 9.93.